The number of carbonyl (C=O) groups is 1. The summed E-state index contributed by atoms with van der Waals surface area (Å²) in [5.74, 6) is 1.14. The zero-order valence-corrected chi connectivity index (χ0v) is 17.7. The summed E-state index contributed by atoms with van der Waals surface area (Å²) >= 11 is -2.37. The van der Waals surface area contributed by atoms with Gasteiger partial charge < -0.3 is 0 Å². The number of fused-ring (bicyclic) bond motifs is 2. The number of allylic oxidation sites excluding steroid dienone is 4. The van der Waals surface area contributed by atoms with Crippen molar-refractivity contribution in [3.8, 4) is 0 Å². The van der Waals surface area contributed by atoms with E-state index in [2.05, 4.69) is 32.9 Å². The van der Waals surface area contributed by atoms with Gasteiger partial charge in [-0.3, -0.25) is 0 Å². The van der Waals surface area contributed by atoms with Gasteiger partial charge in [-0.2, -0.15) is 0 Å². The van der Waals surface area contributed by atoms with Gasteiger partial charge in [-0.15, -0.1) is 0 Å². The van der Waals surface area contributed by atoms with Gasteiger partial charge in [-0.05, 0) is 0 Å². The first-order valence-corrected chi connectivity index (χ1v) is 17.1. The summed E-state index contributed by atoms with van der Waals surface area (Å²) in [6.45, 7) is 6.98. The molecule has 2 aliphatic rings. The second-order valence-electron chi connectivity index (χ2n) is 7.41. The van der Waals surface area contributed by atoms with Gasteiger partial charge >= 0.3 is 142 Å². The first-order valence-electron chi connectivity index (χ1n) is 9.60. The van der Waals surface area contributed by atoms with E-state index < -0.39 is 18.4 Å². The van der Waals surface area contributed by atoms with Gasteiger partial charge in [0, 0.05) is 0 Å². The van der Waals surface area contributed by atoms with Crippen LogP contribution in [-0.2, 0) is 4.79 Å². The van der Waals surface area contributed by atoms with Crippen LogP contribution in [0.1, 0.15) is 65.7 Å². The van der Waals surface area contributed by atoms with Gasteiger partial charge in [0.05, 0.1) is 0 Å². The monoisotopic (exact) mass is 410 g/mol. The van der Waals surface area contributed by atoms with Crippen molar-refractivity contribution in [2.75, 3.05) is 0 Å². The summed E-state index contributed by atoms with van der Waals surface area (Å²) < 4.78 is 6.26. The van der Waals surface area contributed by atoms with Crippen molar-refractivity contribution < 1.29 is 4.79 Å². The fourth-order valence-electron chi connectivity index (χ4n) is 4.73. The van der Waals surface area contributed by atoms with E-state index in [1.165, 1.54) is 70.1 Å². The molecule has 0 spiro atoms. The molecule has 0 aromatic rings. The van der Waals surface area contributed by atoms with Crippen LogP contribution in [0.4, 0.5) is 0 Å². The van der Waals surface area contributed by atoms with E-state index in [0.717, 1.165) is 0 Å². The predicted molar refractivity (Wildman–Crippen MR) is 98.7 cm³/mol. The van der Waals surface area contributed by atoms with Crippen molar-refractivity contribution in [2.24, 2.45) is 11.8 Å². The van der Waals surface area contributed by atoms with Crippen LogP contribution in [-0.4, -0.2) is 24.7 Å². The van der Waals surface area contributed by atoms with E-state index in [1.807, 2.05) is 0 Å². The Kier molecular flexibility index (Phi) is 7.24. The van der Waals surface area contributed by atoms with Crippen LogP contribution in [0.2, 0.25) is 13.3 Å². The molecule has 0 heterocycles. The first-order chi connectivity index (χ1) is 10.7. The maximum absolute atomic E-state index is 11.8. The number of hydrogen-bond donors (Lipinski definition) is 0. The van der Waals surface area contributed by atoms with Crippen molar-refractivity contribution >= 4 is 24.7 Å². The summed E-state index contributed by atoms with van der Waals surface area (Å²) in [6, 6.07) is 0. The molecule has 2 aliphatic carbocycles. The van der Waals surface area contributed by atoms with Crippen molar-refractivity contribution in [2.45, 2.75) is 79.0 Å². The van der Waals surface area contributed by atoms with Crippen molar-refractivity contribution in [3.05, 3.63) is 21.3 Å². The Bertz CT molecular complexity index is 413. The number of unbranched alkanes of at least 4 members (excludes halogenated alkanes) is 3. The Morgan fingerprint density at radius 3 is 1.91 bits per heavy atom. The fraction of sp³-hybridized carbons (Fsp3) is 0.750. The molecular formula is C20H34OSn. The Morgan fingerprint density at radius 2 is 1.45 bits per heavy atom. The van der Waals surface area contributed by atoms with E-state index in [-0.39, 0.29) is 0 Å². The predicted octanol–water partition coefficient (Wildman–Crippen LogP) is 6.08. The molecule has 0 unspecified atom stereocenters. The third-order valence-electron chi connectivity index (χ3n) is 5.89. The minimum absolute atomic E-state index is 0.485. The van der Waals surface area contributed by atoms with Crippen LogP contribution in [0.25, 0.3) is 0 Å². The van der Waals surface area contributed by atoms with Crippen LogP contribution in [0.15, 0.2) is 21.3 Å². The number of aldehydes is 1. The van der Waals surface area contributed by atoms with Gasteiger partial charge in [0.1, 0.15) is 0 Å². The van der Waals surface area contributed by atoms with E-state index >= 15 is 0 Å². The molecule has 1 nitrogen and oxygen atoms in total. The van der Waals surface area contributed by atoms with Crippen LogP contribution in [0.5, 0.6) is 0 Å². The summed E-state index contributed by atoms with van der Waals surface area (Å²) in [5.41, 5.74) is 1.26. The molecule has 0 aliphatic heterocycles. The molecule has 124 valence electrons. The van der Waals surface area contributed by atoms with Crippen LogP contribution >= 0.6 is 0 Å². The Labute approximate surface area is 141 Å². The number of rotatable bonds is 11. The molecule has 2 heteroatoms. The van der Waals surface area contributed by atoms with E-state index in [4.69, 9.17) is 0 Å². The zero-order chi connectivity index (χ0) is 16.0. The van der Waals surface area contributed by atoms with E-state index in [9.17, 15) is 4.79 Å². The molecule has 22 heavy (non-hydrogen) atoms. The average molecular weight is 409 g/mol. The zero-order valence-electron chi connectivity index (χ0n) is 14.9. The van der Waals surface area contributed by atoms with Crippen LogP contribution in [0, 0.1) is 11.8 Å². The molecule has 0 N–H and O–H groups in total. The second-order valence-corrected chi connectivity index (χ2v) is 20.5. The normalized spacial score (nSPS) is 23.6. The molecule has 2 atom stereocenters. The summed E-state index contributed by atoms with van der Waals surface area (Å²) in [7, 11) is 0. The van der Waals surface area contributed by atoms with Gasteiger partial charge in [0.15, 0.2) is 0 Å². The average Bonchev–Trinajstić information content (AvgIpc) is 3.15. The summed E-state index contributed by atoms with van der Waals surface area (Å²) in [5, 5.41) is 0. The third-order valence-corrected chi connectivity index (χ3v) is 22.3. The Morgan fingerprint density at radius 1 is 0.955 bits per heavy atom. The van der Waals surface area contributed by atoms with E-state index in [1.54, 1.807) is 3.59 Å². The topological polar surface area (TPSA) is 17.1 Å². The Hall–Kier alpha value is -0.0513. The third kappa shape index (κ3) is 3.71. The molecule has 0 fully saturated rings. The molecule has 0 saturated carbocycles. The van der Waals surface area contributed by atoms with Crippen molar-refractivity contribution in [1.29, 1.82) is 0 Å². The molecular weight excluding hydrogens is 375 g/mol. The summed E-state index contributed by atoms with van der Waals surface area (Å²) in [6.07, 6.45) is 15.3. The number of carbonyl (C=O) groups excluding carboxylic acids is 1. The van der Waals surface area contributed by atoms with Crippen molar-refractivity contribution in [3.63, 3.8) is 0 Å². The molecule has 0 radical (unpaired) electrons. The molecule has 0 aromatic carbocycles. The molecule has 0 aromatic heterocycles. The fourth-order valence-corrected chi connectivity index (χ4v) is 23.3. The van der Waals surface area contributed by atoms with Gasteiger partial charge in [-0.1, -0.05) is 0 Å². The number of hydrogen-bond acceptors (Lipinski definition) is 1. The second kappa shape index (κ2) is 8.70. The maximum atomic E-state index is 11.8. The summed E-state index contributed by atoms with van der Waals surface area (Å²) in [4.78, 5) is 11.8. The van der Waals surface area contributed by atoms with Crippen LogP contribution < -0.4 is 0 Å². The van der Waals surface area contributed by atoms with Crippen LogP contribution in [0.3, 0.4) is 0 Å². The van der Waals surface area contributed by atoms with Crippen molar-refractivity contribution in [1.82, 2.24) is 0 Å². The van der Waals surface area contributed by atoms with Gasteiger partial charge in [-0.25, -0.2) is 0 Å². The SMILES string of the molecule is CCC[CH2][Sn]([CH2]CCC)([CH2]CCC)[C]1=C(C=O)[C@@H]2C=C[C@H]1C2. The first kappa shape index (κ1) is 18.3. The minimum atomic E-state index is -2.37. The molecule has 0 amide bonds. The molecule has 0 saturated heterocycles. The molecule has 2 rings (SSSR count). The standard InChI is InChI=1S/C8H7O.3C4H9.Sn/c9-5-8-4-6-1-2-7(8)3-6;3*1-3-4-2;/h1-2,5-7H,3H2;3*1,3-4H2,2H3;/t6-,7+;;;;/m0..../s1. The van der Waals surface area contributed by atoms with Gasteiger partial charge in [0.25, 0.3) is 0 Å². The molecule has 2 bridgehead atoms. The Balaban J connectivity index is 2.35. The van der Waals surface area contributed by atoms with E-state index in [0.29, 0.717) is 11.8 Å². The quantitative estimate of drug-likeness (QED) is 0.230. The van der Waals surface area contributed by atoms with Gasteiger partial charge in [0.2, 0.25) is 0 Å².